The third-order valence-electron chi connectivity index (χ3n) is 7.05. The molecule has 0 atom stereocenters. The third kappa shape index (κ3) is 33.8. The van der Waals surface area contributed by atoms with Gasteiger partial charge in [0.2, 0.25) is 0 Å². The van der Waals surface area contributed by atoms with Gasteiger partial charge in [0.05, 0.1) is 11.5 Å². The molecule has 36 heavy (non-hydrogen) atoms. The van der Waals surface area contributed by atoms with Crippen LogP contribution < -0.4 is 0 Å². The van der Waals surface area contributed by atoms with E-state index in [9.17, 15) is 16.8 Å². The van der Waals surface area contributed by atoms with Crippen molar-refractivity contribution in [3.05, 3.63) is 0 Å². The first-order valence-corrected chi connectivity index (χ1v) is 18.3. The first kappa shape index (κ1) is 35.8. The average molecular weight is 555 g/mol. The summed E-state index contributed by atoms with van der Waals surface area (Å²) in [4.78, 5) is 0. The highest BCUT2D eigenvalue weighted by atomic mass is 32.2. The monoisotopic (exact) mass is 554 g/mol. The molecule has 0 unspecified atom stereocenters. The Labute approximate surface area is 224 Å². The molecule has 6 nitrogen and oxygen atoms in total. The molecule has 0 saturated heterocycles. The van der Waals surface area contributed by atoms with Crippen LogP contribution in [0.3, 0.4) is 0 Å². The second-order valence-electron chi connectivity index (χ2n) is 10.8. The molecule has 0 fully saturated rings. The molecule has 2 N–H and O–H groups in total. The number of unbranched alkanes of at least 4 members (excludes halogenated alkanes) is 25. The molecular formula is C28H58O6S2. The molecule has 0 aromatic heterocycles. The third-order valence-corrected chi connectivity index (χ3v) is 8.66. The summed E-state index contributed by atoms with van der Waals surface area (Å²) in [7, 11) is -7.54. The van der Waals surface area contributed by atoms with Gasteiger partial charge in [0, 0.05) is 0 Å². The Hall–Kier alpha value is -0.180. The highest BCUT2D eigenvalue weighted by Gasteiger charge is 2.04. The quantitative estimate of drug-likeness (QED) is 0.0705. The summed E-state index contributed by atoms with van der Waals surface area (Å²) in [6, 6.07) is 0. The van der Waals surface area contributed by atoms with Crippen LogP contribution in [0.4, 0.5) is 0 Å². The summed E-state index contributed by atoms with van der Waals surface area (Å²) < 4.78 is 59.9. The number of rotatable bonds is 29. The van der Waals surface area contributed by atoms with Gasteiger partial charge in [0.25, 0.3) is 20.2 Å². The van der Waals surface area contributed by atoms with Crippen LogP contribution in [0.15, 0.2) is 0 Å². The molecule has 0 aliphatic heterocycles. The van der Waals surface area contributed by atoms with Crippen molar-refractivity contribution < 1.29 is 25.9 Å². The van der Waals surface area contributed by atoms with Crippen molar-refractivity contribution in [3.63, 3.8) is 0 Å². The summed E-state index contributed by atoms with van der Waals surface area (Å²) in [5.74, 6) is -0.186. The van der Waals surface area contributed by atoms with Crippen molar-refractivity contribution in [2.24, 2.45) is 0 Å². The summed E-state index contributed by atoms with van der Waals surface area (Å²) >= 11 is 0. The maximum atomic E-state index is 10.6. The van der Waals surface area contributed by atoms with E-state index < -0.39 is 20.2 Å². The van der Waals surface area contributed by atoms with E-state index in [1.807, 2.05) is 0 Å². The topological polar surface area (TPSA) is 109 Å². The van der Waals surface area contributed by atoms with Gasteiger partial charge in [-0.3, -0.25) is 9.11 Å². The summed E-state index contributed by atoms with van der Waals surface area (Å²) in [6.07, 6.45) is 31.7. The van der Waals surface area contributed by atoms with E-state index in [0.717, 1.165) is 25.7 Å². The molecular weight excluding hydrogens is 496 g/mol. The van der Waals surface area contributed by atoms with Crippen molar-refractivity contribution >= 4 is 20.2 Å². The van der Waals surface area contributed by atoms with Gasteiger partial charge in [-0.25, -0.2) is 0 Å². The maximum absolute atomic E-state index is 10.6. The van der Waals surface area contributed by atoms with Gasteiger partial charge in [-0.05, 0) is 12.8 Å². The summed E-state index contributed by atoms with van der Waals surface area (Å²) in [6.45, 7) is 0. The lowest BCUT2D eigenvalue weighted by atomic mass is 10.0. The molecule has 0 amide bonds. The van der Waals surface area contributed by atoms with Crippen LogP contribution in [0.2, 0.25) is 0 Å². The standard InChI is InChI=1S/C28H58O6S2/c29-35(30,31)27-25-23-21-19-17-15-13-11-9-7-5-3-1-2-4-6-8-10-12-14-16-18-20-22-24-26-28-36(32,33)34/h1-28H2,(H,29,30,31)(H,32,33,34). The first-order chi connectivity index (χ1) is 17.2. The van der Waals surface area contributed by atoms with Gasteiger partial charge in [0.1, 0.15) is 0 Å². The molecule has 0 spiro atoms. The van der Waals surface area contributed by atoms with Crippen LogP contribution in [-0.2, 0) is 20.2 Å². The fraction of sp³-hybridized carbons (Fsp3) is 1.00. The molecule has 0 saturated carbocycles. The van der Waals surface area contributed by atoms with Crippen LogP contribution >= 0.6 is 0 Å². The van der Waals surface area contributed by atoms with Gasteiger partial charge in [0.15, 0.2) is 0 Å². The lowest BCUT2D eigenvalue weighted by molar-refractivity contribution is 0.476. The Morgan fingerprint density at radius 1 is 0.250 bits per heavy atom. The number of hydrogen-bond donors (Lipinski definition) is 2. The van der Waals surface area contributed by atoms with E-state index in [2.05, 4.69) is 0 Å². The van der Waals surface area contributed by atoms with Crippen molar-refractivity contribution in [1.29, 1.82) is 0 Å². The summed E-state index contributed by atoms with van der Waals surface area (Å²) in [5, 5.41) is 0. The van der Waals surface area contributed by atoms with Gasteiger partial charge in [-0.1, -0.05) is 154 Å². The van der Waals surface area contributed by atoms with Gasteiger partial charge in [-0.15, -0.1) is 0 Å². The van der Waals surface area contributed by atoms with Crippen LogP contribution in [-0.4, -0.2) is 37.4 Å². The minimum Gasteiger partial charge on any atom is -0.286 e. The second-order valence-corrected chi connectivity index (χ2v) is 13.9. The molecule has 0 rings (SSSR count). The molecule has 0 radical (unpaired) electrons. The maximum Gasteiger partial charge on any atom is 0.264 e. The predicted octanol–water partition coefficient (Wildman–Crippen LogP) is 8.90. The van der Waals surface area contributed by atoms with Crippen LogP contribution in [0.5, 0.6) is 0 Å². The van der Waals surface area contributed by atoms with Gasteiger partial charge in [-0.2, -0.15) is 16.8 Å². The van der Waals surface area contributed by atoms with Gasteiger partial charge < -0.3 is 0 Å². The molecule has 8 heteroatoms. The minimum atomic E-state index is -3.77. The SMILES string of the molecule is O=S(=O)(O)CCCCCCCCCCCCCCCCCCCCCCCCCCCCS(=O)(=O)O. The van der Waals surface area contributed by atoms with E-state index in [1.54, 1.807) is 0 Å². The molecule has 0 aliphatic rings. The average Bonchev–Trinajstić information content (AvgIpc) is 2.79. The van der Waals surface area contributed by atoms with Gasteiger partial charge >= 0.3 is 0 Å². The molecule has 0 aromatic carbocycles. The Bertz CT molecular complexity index is 604. The molecule has 0 aliphatic carbocycles. The summed E-state index contributed by atoms with van der Waals surface area (Å²) in [5.41, 5.74) is 0. The van der Waals surface area contributed by atoms with E-state index >= 15 is 0 Å². The zero-order chi connectivity index (χ0) is 26.8. The first-order valence-electron chi connectivity index (χ1n) is 15.1. The molecule has 0 bridgehead atoms. The largest absolute Gasteiger partial charge is 0.286 e. The van der Waals surface area contributed by atoms with Crippen LogP contribution in [0, 0.1) is 0 Å². The van der Waals surface area contributed by atoms with E-state index in [0.29, 0.717) is 12.8 Å². The van der Waals surface area contributed by atoms with E-state index in [-0.39, 0.29) is 11.5 Å². The number of hydrogen-bond acceptors (Lipinski definition) is 4. The lowest BCUT2D eigenvalue weighted by Crippen LogP contribution is -2.03. The Morgan fingerprint density at radius 2 is 0.361 bits per heavy atom. The Morgan fingerprint density at radius 3 is 0.472 bits per heavy atom. The fourth-order valence-corrected chi connectivity index (χ4v) is 5.95. The Kier molecular flexibility index (Phi) is 25.0. The van der Waals surface area contributed by atoms with Crippen molar-refractivity contribution in [3.8, 4) is 0 Å². The molecule has 0 aromatic rings. The zero-order valence-electron chi connectivity index (χ0n) is 23.1. The predicted molar refractivity (Wildman–Crippen MR) is 153 cm³/mol. The normalized spacial score (nSPS) is 12.4. The molecule has 218 valence electrons. The fourth-order valence-electron chi connectivity index (χ4n) is 4.81. The van der Waals surface area contributed by atoms with E-state index in [1.165, 1.54) is 128 Å². The van der Waals surface area contributed by atoms with Crippen LogP contribution in [0.1, 0.15) is 167 Å². The zero-order valence-corrected chi connectivity index (χ0v) is 24.8. The minimum absolute atomic E-state index is 0.0929. The lowest BCUT2D eigenvalue weighted by Gasteiger charge is -2.04. The second kappa shape index (κ2) is 25.1. The van der Waals surface area contributed by atoms with E-state index in [4.69, 9.17) is 9.11 Å². The van der Waals surface area contributed by atoms with Crippen LogP contribution in [0.25, 0.3) is 0 Å². The highest BCUT2D eigenvalue weighted by Crippen LogP contribution is 2.16. The molecule has 0 heterocycles. The van der Waals surface area contributed by atoms with Crippen molar-refractivity contribution in [2.45, 2.75) is 167 Å². The van der Waals surface area contributed by atoms with Crippen molar-refractivity contribution in [1.82, 2.24) is 0 Å². The Balaban J connectivity index is 3.09. The smallest absolute Gasteiger partial charge is 0.264 e. The van der Waals surface area contributed by atoms with Crippen molar-refractivity contribution in [2.75, 3.05) is 11.5 Å². The highest BCUT2D eigenvalue weighted by molar-refractivity contribution is 7.86.